The van der Waals surface area contributed by atoms with Crippen molar-refractivity contribution >= 4 is 0 Å². The van der Waals surface area contributed by atoms with Crippen LogP contribution in [0.4, 0.5) is 0 Å². The second kappa shape index (κ2) is 2.86. The average Bonchev–Trinajstić information content (AvgIpc) is 2.34. The normalized spacial score (nSPS) is 13.5. The molecule has 1 unspecified atom stereocenters. The van der Waals surface area contributed by atoms with Gasteiger partial charge in [0.2, 0.25) is 0 Å². The van der Waals surface area contributed by atoms with Gasteiger partial charge in [0.15, 0.2) is 0 Å². The number of nitrogens with zero attached hydrogens (tertiary/aromatic N) is 1. The molecule has 0 aliphatic heterocycles. The molecule has 1 rings (SSSR count). The fraction of sp³-hybridized carbons (Fsp3) is 0.625. The van der Waals surface area contributed by atoms with Crippen molar-refractivity contribution in [2.75, 3.05) is 0 Å². The SMILES string of the molecule is CCC(C)c1[nH]ncc1C. The maximum Gasteiger partial charge on any atom is 0.0519 e. The number of aromatic nitrogens is 2. The number of rotatable bonds is 2. The van der Waals surface area contributed by atoms with Crippen molar-refractivity contribution in [3.05, 3.63) is 17.5 Å². The van der Waals surface area contributed by atoms with Gasteiger partial charge in [-0.2, -0.15) is 5.10 Å². The van der Waals surface area contributed by atoms with E-state index in [-0.39, 0.29) is 0 Å². The van der Waals surface area contributed by atoms with Gasteiger partial charge < -0.3 is 0 Å². The van der Waals surface area contributed by atoms with Crippen LogP contribution in [0.1, 0.15) is 37.4 Å². The molecule has 0 aliphatic carbocycles. The van der Waals surface area contributed by atoms with E-state index in [4.69, 9.17) is 0 Å². The van der Waals surface area contributed by atoms with E-state index < -0.39 is 0 Å². The van der Waals surface area contributed by atoms with Crippen LogP contribution in [0.3, 0.4) is 0 Å². The quantitative estimate of drug-likeness (QED) is 0.667. The van der Waals surface area contributed by atoms with Crippen LogP contribution in [0.2, 0.25) is 0 Å². The van der Waals surface area contributed by atoms with Crippen molar-refractivity contribution < 1.29 is 0 Å². The number of aryl methyl sites for hydroxylation is 1. The standard InChI is InChI=1S/C8H14N2/c1-4-6(2)8-7(3)5-9-10-8/h5-6H,4H2,1-3H3,(H,9,10). The second-order valence-corrected chi connectivity index (χ2v) is 2.78. The summed E-state index contributed by atoms with van der Waals surface area (Å²) in [5.41, 5.74) is 2.55. The van der Waals surface area contributed by atoms with Crippen LogP contribution >= 0.6 is 0 Å². The highest BCUT2D eigenvalue weighted by Gasteiger charge is 2.06. The van der Waals surface area contributed by atoms with E-state index in [1.54, 1.807) is 0 Å². The fourth-order valence-electron chi connectivity index (χ4n) is 1.06. The Kier molecular flexibility index (Phi) is 2.10. The van der Waals surface area contributed by atoms with Crippen molar-refractivity contribution in [1.82, 2.24) is 10.2 Å². The Hall–Kier alpha value is -0.790. The molecule has 1 N–H and O–H groups in total. The van der Waals surface area contributed by atoms with Crippen molar-refractivity contribution in [3.63, 3.8) is 0 Å². The summed E-state index contributed by atoms with van der Waals surface area (Å²) in [6.07, 6.45) is 3.05. The summed E-state index contributed by atoms with van der Waals surface area (Å²) in [5.74, 6) is 0.613. The molecule has 0 bridgehead atoms. The van der Waals surface area contributed by atoms with E-state index in [0.717, 1.165) is 0 Å². The van der Waals surface area contributed by atoms with Gasteiger partial charge in [-0.1, -0.05) is 13.8 Å². The van der Waals surface area contributed by atoms with E-state index >= 15 is 0 Å². The summed E-state index contributed by atoms with van der Waals surface area (Å²) in [5, 5.41) is 6.97. The Balaban J connectivity index is 2.82. The van der Waals surface area contributed by atoms with Crippen molar-refractivity contribution in [3.8, 4) is 0 Å². The van der Waals surface area contributed by atoms with E-state index in [9.17, 15) is 0 Å². The zero-order valence-electron chi connectivity index (χ0n) is 6.81. The molecule has 2 nitrogen and oxygen atoms in total. The predicted octanol–water partition coefficient (Wildman–Crippen LogP) is 2.23. The van der Waals surface area contributed by atoms with Gasteiger partial charge in [0.1, 0.15) is 0 Å². The molecule has 0 saturated heterocycles. The highest BCUT2D eigenvalue weighted by Crippen LogP contribution is 2.18. The summed E-state index contributed by atoms with van der Waals surface area (Å²) in [6.45, 7) is 6.48. The van der Waals surface area contributed by atoms with Crippen LogP contribution in [0.15, 0.2) is 6.20 Å². The monoisotopic (exact) mass is 138 g/mol. The molecular formula is C8H14N2. The first-order valence-corrected chi connectivity index (χ1v) is 3.75. The Morgan fingerprint density at radius 1 is 1.70 bits per heavy atom. The minimum atomic E-state index is 0.613. The molecule has 0 aromatic carbocycles. The van der Waals surface area contributed by atoms with Gasteiger partial charge in [-0.05, 0) is 24.8 Å². The highest BCUT2D eigenvalue weighted by atomic mass is 15.1. The van der Waals surface area contributed by atoms with Crippen LogP contribution < -0.4 is 0 Å². The molecule has 1 aromatic rings. The Bertz CT molecular complexity index is 203. The lowest BCUT2D eigenvalue weighted by Crippen LogP contribution is -1.93. The van der Waals surface area contributed by atoms with Gasteiger partial charge in [-0.25, -0.2) is 0 Å². The molecule has 0 amide bonds. The van der Waals surface area contributed by atoms with Gasteiger partial charge in [-0.3, -0.25) is 5.10 Å². The molecule has 2 heteroatoms. The van der Waals surface area contributed by atoms with Crippen LogP contribution in [0.5, 0.6) is 0 Å². The van der Waals surface area contributed by atoms with Gasteiger partial charge >= 0.3 is 0 Å². The average molecular weight is 138 g/mol. The van der Waals surface area contributed by atoms with Crippen molar-refractivity contribution in [2.24, 2.45) is 0 Å². The zero-order valence-corrected chi connectivity index (χ0v) is 6.81. The minimum Gasteiger partial charge on any atom is -0.282 e. The first-order chi connectivity index (χ1) is 4.75. The molecule has 0 radical (unpaired) electrons. The summed E-state index contributed by atoms with van der Waals surface area (Å²) in [6, 6.07) is 0. The number of H-pyrrole nitrogens is 1. The number of hydrogen-bond acceptors (Lipinski definition) is 1. The van der Waals surface area contributed by atoms with Gasteiger partial charge in [0.25, 0.3) is 0 Å². The first-order valence-electron chi connectivity index (χ1n) is 3.75. The third kappa shape index (κ3) is 1.20. The largest absolute Gasteiger partial charge is 0.282 e. The maximum atomic E-state index is 3.97. The third-order valence-corrected chi connectivity index (χ3v) is 1.97. The molecule has 1 aromatic heterocycles. The van der Waals surface area contributed by atoms with Crippen molar-refractivity contribution in [1.29, 1.82) is 0 Å². The number of nitrogens with one attached hydrogen (secondary N) is 1. The Morgan fingerprint density at radius 3 is 2.80 bits per heavy atom. The highest BCUT2D eigenvalue weighted by molar-refractivity contribution is 5.17. The Morgan fingerprint density at radius 2 is 2.40 bits per heavy atom. The van der Waals surface area contributed by atoms with E-state index in [1.807, 2.05) is 6.20 Å². The minimum absolute atomic E-state index is 0.613. The molecule has 56 valence electrons. The topological polar surface area (TPSA) is 28.7 Å². The molecule has 0 spiro atoms. The van der Waals surface area contributed by atoms with Crippen LogP contribution in [-0.2, 0) is 0 Å². The lowest BCUT2D eigenvalue weighted by molar-refractivity contribution is 0.699. The van der Waals surface area contributed by atoms with Crippen LogP contribution in [0.25, 0.3) is 0 Å². The van der Waals surface area contributed by atoms with Crippen molar-refractivity contribution in [2.45, 2.75) is 33.1 Å². The molecule has 1 heterocycles. The summed E-state index contributed by atoms with van der Waals surface area (Å²) in [7, 11) is 0. The summed E-state index contributed by atoms with van der Waals surface area (Å²) in [4.78, 5) is 0. The molecule has 0 saturated carbocycles. The summed E-state index contributed by atoms with van der Waals surface area (Å²) < 4.78 is 0. The Labute approximate surface area is 61.7 Å². The van der Waals surface area contributed by atoms with Crippen LogP contribution in [-0.4, -0.2) is 10.2 Å². The van der Waals surface area contributed by atoms with E-state index in [2.05, 4.69) is 31.0 Å². The van der Waals surface area contributed by atoms with E-state index in [0.29, 0.717) is 5.92 Å². The lowest BCUT2D eigenvalue weighted by atomic mass is 10.0. The van der Waals surface area contributed by atoms with Gasteiger partial charge in [0.05, 0.1) is 6.20 Å². The first kappa shape index (κ1) is 7.32. The lowest BCUT2D eigenvalue weighted by Gasteiger charge is -2.05. The van der Waals surface area contributed by atoms with Gasteiger partial charge in [-0.15, -0.1) is 0 Å². The molecule has 0 aliphatic rings. The molecule has 10 heavy (non-hydrogen) atoms. The molecule has 1 atom stereocenters. The smallest absolute Gasteiger partial charge is 0.0519 e. The maximum absolute atomic E-state index is 3.97. The van der Waals surface area contributed by atoms with Gasteiger partial charge in [0, 0.05) is 5.69 Å². The third-order valence-electron chi connectivity index (χ3n) is 1.97. The zero-order chi connectivity index (χ0) is 7.56. The second-order valence-electron chi connectivity index (χ2n) is 2.78. The van der Waals surface area contributed by atoms with E-state index in [1.165, 1.54) is 17.7 Å². The van der Waals surface area contributed by atoms with Crippen LogP contribution in [0, 0.1) is 6.92 Å². The summed E-state index contributed by atoms with van der Waals surface area (Å²) >= 11 is 0. The number of hydrogen-bond donors (Lipinski definition) is 1. The molecular weight excluding hydrogens is 124 g/mol. The number of aromatic amines is 1. The molecule has 0 fully saturated rings. The fourth-order valence-corrected chi connectivity index (χ4v) is 1.06. The predicted molar refractivity (Wildman–Crippen MR) is 42.0 cm³/mol.